The molecular weight excluding hydrogens is 233 g/mol. The van der Waals surface area contributed by atoms with Gasteiger partial charge >= 0.3 is 6.01 Å². The topological polar surface area (TPSA) is 51.0 Å². The number of hydrogen-bond donors (Lipinski definition) is 1. The lowest BCUT2D eigenvalue weighted by molar-refractivity contribution is 0.413. The largest absolute Gasteiger partial charge is 0.333 e. The van der Waals surface area contributed by atoms with E-state index in [0.717, 1.165) is 0 Å². The molecule has 0 atom stereocenters. The molecule has 0 unspecified atom stereocenters. The highest BCUT2D eigenvalue weighted by atomic mass is 19.1. The number of hydrogen-bond acceptors (Lipinski definition) is 4. The van der Waals surface area contributed by atoms with E-state index in [-0.39, 0.29) is 11.4 Å². The molecule has 18 heavy (non-hydrogen) atoms. The average molecular weight is 249 g/mol. The van der Waals surface area contributed by atoms with Crippen LogP contribution in [0.2, 0.25) is 0 Å². The summed E-state index contributed by atoms with van der Waals surface area (Å²) in [4.78, 5) is 4.18. The van der Waals surface area contributed by atoms with Crippen LogP contribution in [0.5, 0.6) is 0 Å². The molecule has 0 spiro atoms. The molecule has 2 rings (SSSR count). The highest BCUT2D eigenvalue weighted by molar-refractivity contribution is 5.25. The van der Waals surface area contributed by atoms with Crippen LogP contribution in [0.4, 0.5) is 10.4 Å². The number of halogens is 1. The summed E-state index contributed by atoms with van der Waals surface area (Å²) in [5.41, 5.74) is 0.405. The number of benzene rings is 1. The van der Waals surface area contributed by atoms with E-state index in [0.29, 0.717) is 23.8 Å². The van der Waals surface area contributed by atoms with Crippen LogP contribution < -0.4 is 5.32 Å². The Kier molecular flexibility index (Phi) is 3.32. The molecule has 2 aromatic rings. The molecular formula is C13H16FN3O. The summed E-state index contributed by atoms with van der Waals surface area (Å²) >= 11 is 0. The summed E-state index contributed by atoms with van der Waals surface area (Å²) in [5.74, 6) is 0.208. The third kappa shape index (κ3) is 3.29. The molecule has 0 saturated heterocycles. The van der Waals surface area contributed by atoms with Gasteiger partial charge in [-0.15, -0.1) is 0 Å². The zero-order valence-electron chi connectivity index (χ0n) is 10.7. The van der Waals surface area contributed by atoms with Gasteiger partial charge < -0.3 is 9.84 Å². The van der Waals surface area contributed by atoms with Crippen LogP contribution in [-0.4, -0.2) is 15.7 Å². The minimum Gasteiger partial charge on any atom is -0.333 e. The van der Waals surface area contributed by atoms with E-state index in [1.807, 2.05) is 20.8 Å². The Morgan fingerprint density at radius 1 is 1.28 bits per heavy atom. The van der Waals surface area contributed by atoms with Crippen molar-refractivity contribution in [1.29, 1.82) is 0 Å². The van der Waals surface area contributed by atoms with E-state index in [1.165, 1.54) is 6.07 Å². The lowest BCUT2D eigenvalue weighted by Crippen LogP contribution is -2.26. The highest BCUT2D eigenvalue weighted by Gasteiger charge is 2.15. The molecule has 0 aliphatic carbocycles. The summed E-state index contributed by atoms with van der Waals surface area (Å²) in [7, 11) is 0. The van der Waals surface area contributed by atoms with Crippen LogP contribution in [0.3, 0.4) is 0 Å². The smallest absolute Gasteiger partial charge is 0.321 e. The Bertz CT molecular complexity index is 531. The average Bonchev–Trinajstić information content (AvgIpc) is 2.66. The molecule has 4 nitrogen and oxygen atoms in total. The first-order chi connectivity index (χ1) is 8.44. The second kappa shape index (κ2) is 4.76. The summed E-state index contributed by atoms with van der Waals surface area (Å²) in [6.45, 7) is 5.98. The molecule has 0 aliphatic heterocycles. The van der Waals surface area contributed by atoms with Crippen molar-refractivity contribution in [2.45, 2.75) is 32.7 Å². The molecule has 0 amide bonds. The fourth-order valence-corrected chi connectivity index (χ4v) is 1.51. The second-order valence-corrected chi connectivity index (χ2v) is 5.16. The van der Waals surface area contributed by atoms with Gasteiger partial charge in [0.05, 0.1) is 0 Å². The molecule has 1 heterocycles. The standard InChI is InChI=1S/C13H16FN3O/c1-13(2,3)16-12-15-11(17-18-12)8-9-6-4-5-7-10(9)14/h4-7H,8H2,1-3H3,(H,15,16,17). The minimum absolute atomic E-state index is 0.151. The summed E-state index contributed by atoms with van der Waals surface area (Å²) in [5, 5.41) is 6.89. The maximum atomic E-state index is 13.5. The number of aromatic nitrogens is 2. The Labute approximate surface area is 105 Å². The van der Waals surface area contributed by atoms with Gasteiger partial charge in [-0.1, -0.05) is 23.4 Å². The Hall–Kier alpha value is -1.91. The summed E-state index contributed by atoms with van der Waals surface area (Å²) in [6.07, 6.45) is 0.321. The molecule has 0 saturated carbocycles. The first-order valence-corrected chi connectivity index (χ1v) is 5.78. The first-order valence-electron chi connectivity index (χ1n) is 5.78. The second-order valence-electron chi connectivity index (χ2n) is 5.16. The fourth-order valence-electron chi connectivity index (χ4n) is 1.51. The number of anilines is 1. The van der Waals surface area contributed by atoms with Crippen LogP contribution in [-0.2, 0) is 6.42 Å². The van der Waals surface area contributed by atoms with Crippen LogP contribution in [0.15, 0.2) is 28.8 Å². The zero-order valence-corrected chi connectivity index (χ0v) is 10.7. The van der Waals surface area contributed by atoms with E-state index in [2.05, 4.69) is 15.5 Å². The van der Waals surface area contributed by atoms with Gasteiger partial charge in [0.15, 0.2) is 5.82 Å². The zero-order chi connectivity index (χ0) is 13.2. The summed E-state index contributed by atoms with van der Waals surface area (Å²) < 4.78 is 18.5. The number of rotatable bonds is 3. The van der Waals surface area contributed by atoms with Crippen molar-refractivity contribution in [1.82, 2.24) is 10.1 Å². The maximum Gasteiger partial charge on any atom is 0.321 e. The Morgan fingerprint density at radius 3 is 2.67 bits per heavy atom. The number of nitrogens with one attached hydrogen (secondary N) is 1. The van der Waals surface area contributed by atoms with Gasteiger partial charge in [0.1, 0.15) is 5.82 Å². The van der Waals surface area contributed by atoms with Gasteiger partial charge in [-0.25, -0.2) is 4.39 Å². The third-order valence-corrected chi connectivity index (χ3v) is 2.26. The van der Waals surface area contributed by atoms with Gasteiger partial charge in [0.2, 0.25) is 0 Å². The van der Waals surface area contributed by atoms with Crippen LogP contribution in [0.1, 0.15) is 32.2 Å². The van der Waals surface area contributed by atoms with Gasteiger partial charge in [-0.3, -0.25) is 0 Å². The number of nitrogens with zero attached hydrogens (tertiary/aromatic N) is 2. The first kappa shape index (κ1) is 12.5. The van der Waals surface area contributed by atoms with Gasteiger partial charge in [0.25, 0.3) is 0 Å². The van der Waals surface area contributed by atoms with E-state index in [4.69, 9.17) is 4.52 Å². The molecule has 1 aromatic carbocycles. The SMILES string of the molecule is CC(C)(C)Nc1nc(Cc2ccccc2F)no1. The molecule has 1 aromatic heterocycles. The molecule has 0 radical (unpaired) electrons. The third-order valence-electron chi connectivity index (χ3n) is 2.26. The summed E-state index contributed by atoms with van der Waals surface area (Å²) in [6, 6.07) is 6.93. The molecule has 5 heteroatoms. The lowest BCUT2D eigenvalue weighted by atomic mass is 10.1. The van der Waals surface area contributed by atoms with E-state index >= 15 is 0 Å². The van der Waals surface area contributed by atoms with Crippen molar-refractivity contribution < 1.29 is 8.91 Å². The van der Waals surface area contributed by atoms with Crippen LogP contribution >= 0.6 is 0 Å². The Morgan fingerprint density at radius 2 is 2.00 bits per heavy atom. The maximum absolute atomic E-state index is 13.5. The predicted octanol–water partition coefficient (Wildman–Crippen LogP) is 3.01. The van der Waals surface area contributed by atoms with E-state index < -0.39 is 0 Å². The molecule has 0 fully saturated rings. The fraction of sp³-hybridized carbons (Fsp3) is 0.385. The van der Waals surface area contributed by atoms with Crippen molar-refractivity contribution in [2.24, 2.45) is 0 Å². The molecule has 0 bridgehead atoms. The van der Waals surface area contributed by atoms with Gasteiger partial charge in [-0.2, -0.15) is 4.98 Å². The van der Waals surface area contributed by atoms with Gasteiger partial charge in [-0.05, 0) is 32.4 Å². The molecule has 96 valence electrons. The van der Waals surface area contributed by atoms with Crippen molar-refractivity contribution >= 4 is 6.01 Å². The van der Waals surface area contributed by atoms with Crippen molar-refractivity contribution in [2.75, 3.05) is 5.32 Å². The lowest BCUT2D eigenvalue weighted by Gasteiger charge is -2.17. The normalized spacial score (nSPS) is 11.6. The minimum atomic E-state index is -0.257. The molecule has 0 aliphatic rings. The Balaban J connectivity index is 2.10. The van der Waals surface area contributed by atoms with Crippen LogP contribution in [0, 0.1) is 5.82 Å². The monoisotopic (exact) mass is 249 g/mol. The predicted molar refractivity (Wildman–Crippen MR) is 66.9 cm³/mol. The molecule has 1 N–H and O–H groups in total. The van der Waals surface area contributed by atoms with Crippen molar-refractivity contribution in [3.63, 3.8) is 0 Å². The van der Waals surface area contributed by atoms with Crippen molar-refractivity contribution in [3.8, 4) is 0 Å². The van der Waals surface area contributed by atoms with Crippen molar-refractivity contribution in [3.05, 3.63) is 41.5 Å². The quantitative estimate of drug-likeness (QED) is 0.908. The van der Waals surface area contributed by atoms with E-state index in [1.54, 1.807) is 18.2 Å². The highest BCUT2D eigenvalue weighted by Crippen LogP contribution is 2.15. The van der Waals surface area contributed by atoms with Gasteiger partial charge in [0, 0.05) is 12.0 Å². The van der Waals surface area contributed by atoms with E-state index in [9.17, 15) is 4.39 Å². The van der Waals surface area contributed by atoms with Crippen LogP contribution in [0.25, 0.3) is 0 Å².